The summed E-state index contributed by atoms with van der Waals surface area (Å²) in [7, 11) is 0. The van der Waals surface area contributed by atoms with Crippen LogP contribution in [0.25, 0.3) is 0 Å². The van der Waals surface area contributed by atoms with Crippen molar-refractivity contribution in [3.8, 4) is 0 Å². The first-order valence-corrected chi connectivity index (χ1v) is 9.48. The fourth-order valence-electron chi connectivity index (χ4n) is 6.04. The highest BCUT2D eigenvalue weighted by Crippen LogP contribution is 2.82. The van der Waals surface area contributed by atoms with Crippen molar-refractivity contribution in [2.24, 2.45) is 5.41 Å². The Morgan fingerprint density at radius 3 is 1.40 bits per heavy atom. The molecule has 0 nitrogen and oxygen atoms in total. The number of halogens is 2. The smallest absolute Gasteiger partial charge is 0.104 e. The van der Waals surface area contributed by atoms with E-state index in [4.69, 9.17) is 23.2 Å². The van der Waals surface area contributed by atoms with Crippen molar-refractivity contribution in [3.05, 3.63) is 106 Å². The van der Waals surface area contributed by atoms with Crippen LogP contribution in [0.3, 0.4) is 0 Å². The molecule has 2 atom stereocenters. The molecule has 122 valence electrons. The van der Waals surface area contributed by atoms with Crippen molar-refractivity contribution >= 4 is 23.2 Å². The van der Waals surface area contributed by atoms with Gasteiger partial charge in [-0.3, -0.25) is 0 Å². The predicted molar refractivity (Wildman–Crippen MR) is 103 cm³/mol. The first-order chi connectivity index (χ1) is 12.1. The highest BCUT2D eigenvalue weighted by Gasteiger charge is 2.78. The molecule has 0 radical (unpaired) electrons. The molecule has 0 saturated heterocycles. The normalized spacial score (nSPS) is 35.9. The maximum Gasteiger partial charge on any atom is 0.104 e. The van der Waals surface area contributed by atoms with Gasteiger partial charge in [-0.1, -0.05) is 79.7 Å². The molecule has 3 aromatic rings. The zero-order valence-electron chi connectivity index (χ0n) is 13.8. The van der Waals surface area contributed by atoms with Crippen LogP contribution in [0.15, 0.2) is 72.8 Å². The summed E-state index contributed by atoms with van der Waals surface area (Å²) in [4.78, 5) is -1.21. The Kier molecular flexibility index (Phi) is 2.39. The van der Waals surface area contributed by atoms with Gasteiger partial charge in [-0.25, -0.2) is 0 Å². The lowest BCUT2D eigenvalue weighted by atomic mass is 9.69. The molecule has 2 heteroatoms. The molecule has 6 rings (SSSR count). The Balaban J connectivity index is 1.89. The van der Waals surface area contributed by atoms with Gasteiger partial charge in [0, 0.05) is 11.3 Å². The van der Waals surface area contributed by atoms with Gasteiger partial charge >= 0.3 is 0 Å². The summed E-state index contributed by atoms with van der Waals surface area (Å²) < 4.78 is 0. The average molecular weight is 363 g/mol. The second-order valence-electron chi connectivity index (χ2n) is 7.67. The molecule has 0 bridgehead atoms. The summed E-state index contributed by atoms with van der Waals surface area (Å²) in [5, 5.41) is 0. The summed E-state index contributed by atoms with van der Waals surface area (Å²) >= 11 is 15.2. The molecule has 0 heterocycles. The second kappa shape index (κ2) is 4.14. The molecule has 3 aromatic carbocycles. The monoisotopic (exact) mass is 362 g/mol. The SMILES string of the molecule is CC12C3c4ccccc4C1(Cl)c1ccccc1C2(Cl)c1ccccc13. The summed E-state index contributed by atoms with van der Waals surface area (Å²) in [6.45, 7) is 2.29. The van der Waals surface area contributed by atoms with Gasteiger partial charge in [0.05, 0.1) is 0 Å². The van der Waals surface area contributed by atoms with E-state index < -0.39 is 9.75 Å². The van der Waals surface area contributed by atoms with E-state index in [1.807, 2.05) is 0 Å². The maximum absolute atomic E-state index is 7.60. The number of alkyl halides is 2. The Morgan fingerprint density at radius 2 is 0.960 bits per heavy atom. The fraction of sp³-hybridized carbons (Fsp3) is 0.217. The van der Waals surface area contributed by atoms with Crippen LogP contribution in [0.5, 0.6) is 0 Å². The topological polar surface area (TPSA) is 0 Å². The molecule has 0 saturated carbocycles. The van der Waals surface area contributed by atoms with E-state index in [1.165, 1.54) is 33.4 Å². The summed E-state index contributed by atoms with van der Waals surface area (Å²) in [6.07, 6.45) is 0. The predicted octanol–water partition coefficient (Wildman–Crippen LogP) is 6.13. The average Bonchev–Trinajstić information content (AvgIpc) is 3.07. The summed E-state index contributed by atoms with van der Waals surface area (Å²) in [5.41, 5.74) is 7.08. The molecule has 3 aliphatic rings. The van der Waals surface area contributed by atoms with Gasteiger partial charge in [0.2, 0.25) is 0 Å². The van der Waals surface area contributed by atoms with Gasteiger partial charge in [-0.05, 0) is 33.4 Å². The van der Waals surface area contributed by atoms with Crippen molar-refractivity contribution in [2.75, 3.05) is 0 Å². The Bertz CT molecular complexity index is 988. The van der Waals surface area contributed by atoms with E-state index in [9.17, 15) is 0 Å². The lowest BCUT2D eigenvalue weighted by Crippen LogP contribution is -2.42. The summed E-state index contributed by atoms with van der Waals surface area (Å²) in [5.74, 6) is 0.210. The fourth-order valence-corrected chi connectivity index (χ4v) is 7.27. The molecule has 0 N–H and O–H groups in total. The minimum atomic E-state index is -0.606. The molecular weight excluding hydrogens is 347 g/mol. The van der Waals surface area contributed by atoms with Crippen LogP contribution in [-0.2, 0) is 9.75 Å². The Morgan fingerprint density at radius 1 is 0.600 bits per heavy atom. The van der Waals surface area contributed by atoms with Gasteiger partial charge < -0.3 is 0 Å². The first-order valence-electron chi connectivity index (χ1n) is 8.73. The van der Waals surface area contributed by atoms with Crippen LogP contribution in [-0.4, -0.2) is 0 Å². The molecule has 0 amide bonds. The van der Waals surface area contributed by atoms with Gasteiger partial charge in [-0.15, -0.1) is 23.2 Å². The molecule has 0 spiro atoms. The quantitative estimate of drug-likeness (QED) is 0.422. The molecule has 0 fully saturated rings. The van der Waals surface area contributed by atoms with Crippen LogP contribution in [0, 0.1) is 5.41 Å². The van der Waals surface area contributed by atoms with E-state index in [0.29, 0.717) is 0 Å². The minimum absolute atomic E-state index is 0.210. The number of hydrogen-bond donors (Lipinski definition) is 0. The Hall–Kier alpha value is -1.76. The largest absolute Gasteiger partial charge is 0.108 e. The van der Waals surface area contributed by atoms with E-state index in [1.54, 1.807) is 0 Å². The standard InChI is InChI=1S/C23H16Cl2/c1-21-20-14-8-2-4-10-16(14)22(21,24)18-12-6-7-13-19(18)23(21,25)17-11-5-3-9-15(17)20/h2-13,20H,1H3. The van der Waals surface area contributed by atoms with Gasteiger partial charge in [0.25, 0.3) is 0 Å². The zero-order valence-corrected chi connectivity index (χ0v) is 15.3. The van der Waals surface area contributed by atoms with Crippen molar-refractivity contribution < 1.29 is 0 Å². The molecule has 25 heavy (non-hydrogen) atoms. The second-order valence-corrected chi connectivity index (χ2v) is 8.81. The highest BCUT2D eigenvalue weighted by molar-refractivity contribution is 6.34. The molecule has 2 unspecified atom stereocenters. The number of benzene rings is 3. The Labute approximate surface area is 157 Å². The summed E-state index contributed by atoms with van der Waals surface area (Å²) in [6, 6.07) is 25.7. The maximum atomic E-state index is 7.60. The molecule has 0 aromatic heterocycles. The van der Waals surface area contributed by atoms with Gasteiger partial charge in [0.15, 0.2) is 0 Å². The third-order valence-corrected chi connectivity index (χ3v) is 8.56. The van der Waals surface area contributed by atoms with E-state index in [-0.39, 0.29) is 11.3 Å². The van der Waals surface area contributed by atoms with Crippen molar-refractivity contribution in [2.45, 2.75) is 22.6 Å². The molecular formula is C23H16Cl2. The number of rotatable bonds is 0. The van der Waals surface area contributed by atoms with E-state index in [2.05, 4.69) is 79.7 Å². The number of hydrogen-bond acceptors (Lipinski definition) is 0. The third kappa shape index (κ3) is 1.20. The van der Waals surface area contributed by atoms with Gasteiger partial charge in [0.1, 0.15) is 9.75 Å². The number of fused-ring (bicyclic) bond motifs is 9. The van der Waals surface area contributed by atoms with Crippen LogP contribution >= 0.6 is 23.2 Å². The lowest BCUT2D eigenvalue weighted by molar-refractivity contribution is 0.234. The highest BCUT2D eigenvalue weighted by atomic mass is 35.5. The van der Waals surface area contributed by atoms with E-state index >= 15 is 0 Å². The molecule has 0 aliphatic heterocycles. The van der Waals surface area contributed by atoms with Crippen LogP contribution in [0.4, 0.5) is 0 Å². The van der Waals surface area contributed by atoms with Crippen LogP contribution in [0.2, 0.25) is 0 Å². The van der Waals surface area contributed by atoms with Crippen molar-refractivity contribution in [1.29, 1.82) is 0 Å². The van der Waals surface area contributed by atoms with E-state index in [0.717, 1.165) is 0 Å². The minimum Gasteiger partial charge on any atom is -0.108 e. The van der Waals surface area contributed by atoms with Crippen LogP contribution < -0.4 is 0 Å². The van der Waals surface area contributed by atoms with Gasteiger partial charge in [-0.2, -0.15) is 0 Å². The third-order valence-electron chi connectivity index (χ3n) is 6.96. The first kappa shape index (κ1) is 14.4. The van der Waals surface area contributed by atoms with Crippen molar-refractivity contribution in [3.63, 3.8) is 0 Å². The zero-order chi connectivity index (χ0) is 17.0. The molecule has 3 aliphatic carbocycles. The van der Waals surface area contributed by atoms with Crippen LogP contribution in [0.1, 0.15) is 46.2 Å². The van der Waals surface area contributed by atoms with Crippen molar-refractivity contribution in [1.82, 2.24) is 0 Å². The lowest BCUT2D eigenvalue weighted by Gasteiger charge is -2.41.